The van der Waals surface area contributed by atoms with Gasteiger partial charge in [0.25, 0.3) is 5.91 Å². The lowest BCUT2D eigenvalue weighted by molar-refractivity contribution is -0.154. The van der Waals surface area contributed by atoms with Gasteiger partial charge in [-0.25, -0.2) is 0 Å². The predicted molar refractivity (Wildman–Crippen MR) is 91.5 cm³/mol. The molecule has 3 amide bonds. The third-order valence-corrected chi connectivity index (χ3v) is 3.67. The lowest BCUT2D eigenvalue weighted by Crippen LogP contribution is -2.47. The van der Waals surface area contributed by atoms with Crippen molar-refractivity contribution in [3.8, 4) is 0 Å². The van der Waals surface area contributed by atoms with Crippen molar-refractivity contribution in [2.75, 3.05) is 33.3 Å². The van der Waals surface area contributed by atoms with E-state index in [1.54, 1.807) is 0 Å². The van der Waals surface area contributed by atoms with E-state index < -0.39 is 18.5 Å². The molecule has 142 valence electrons. The Kier molecular flexibility index (Phi) is 7.86. The van der Waals surface area contributed by atoms with Crippen LogP contribution in [0.1, 0.15) is 46.5 Å². The van der Waals surface area contributed by atoms with E-state index in [0.717, 1.165) is 19.3 Å². The average Bonchev–Trinajstić information content (AvgIpc) is 2.67. The van der Waals surface area contributed by atoms with Crippen molar-refractivity contribution in [1.82, 2.24) is 15.1 Å². The van der Waals surface area contributed by atoms with Crippen LogP contribution < -0.4 is 5.32 Å². The summed E-state index contributed by atoms with van der Waals surface area (Å²) in [6.45, 7) is 5.38. The highest BCUT2D eigenvalue weighted by atomic mass is 16.5. The lowest BCUT2D eigenvalue weighted by Gasteiger charge is -2.23. The third-order valence-electron chi connectivity index (χ3n) is 3.67. The van der Waals surface area contributed by atoms with Gasteiger partial charge >= 0.3 is 5.97 Å². The van der Waals surface area contributed by atoms with Crippen LogP contribution in [0.25, 0.3) is 0 Å². The summed E-state index contributed by atoms with van der Waals surface area (Å²) in [6.07, 6.45) is 3.11. The van der Waals surface area contributed by atoms with Crippen LogP contribution in [0.4, 0.5) is 0 Å². The molecule has 1 fully saturated rings. The van der Waals surface area contributed by atoms with E-state index in [2.05, 4.69) is 5.32 Å². The number of hydrogen-bond donors (Lipinski definition) is 1. The number of nitrogens with zero attached hydrogens (tertiary/aromatic N) is 2. The Hall–Kier alpha value is -2.12. The van der Waals surface area contributed by atoms with E-state index in [4.69, 9.17) is 4.74 Å². The second-order valence-corrected chi connectivity index (χ2v) is 7.33. The molecule has 0 aromatic rings. The van der Waals surface area contributed by atoms with Crippen LogP contribution in [0.5, 0.6) is 0 Å². The number of hydrogen-bond acceptors (Lipinski definition) is 5. The maximum Gasteiger partial charge on any atom is 0.326 e. The Morgan fingerprint density at radius 1 is 1.20 bits per heavy atom. The molecule has 25 heavy (non-hydrogen) atoms. The molecule has 1 heterocycles. The lowest BCUT2D eigenvalue weighted by atomic mass is 10.1. The Bertz CT molecular complexity index is 513. The van der Waals surface area contributed by atoms with Crippen molar-refractivity contribution in [3.05, 3.63) is 0 Å². The summed E-state index contributed by atoms with van der Waals surface area (Å²) in [6, 6.07) is 0. The molecule has 0 unspecified atom stereocenters. The maximum atomic E-state index is 11.9. The van der Waals surface area contributed by atoms with Crippen molar-refractivity contribution in [2.45, 2.75) is 52.0 Å². The topological polar surface area (TPSA) is 96.0 Å². The second-order valence-electron chi connectivity index (χ2n) is 7.33. The summed E-state index contributed by atoms with van der Waals surface area (Å²) >= 11 is 0. The molecule has 0 aromatic carbocycles. The van der Waals surface area contributed by atoms with Gasteiger partial charge in [-0.1, -0.05) is 6.42 Å². The van der Waals surface area contributed by atoms with Gasteiger partial charge in [0.2, 0.25) is 11.8 Å². The Morgan fingerprint density at radius 2 is 1.88 bits per heavy atom. The molecule has 1 aliphatic rings. The van der Waals surface area contributed by atoms with Crippen LogP contribution >= 0.6 is 0 Å². The molecule has 0 radical (unpaired) electrons. The maximum absolute atomic E-state index is 11.9. The van der Waals surface area contributed by atoms with Crippen LogP contribution in [-0.4, -0.2) is 72.3 Å². The number of nitrogens with one attached hydrogen (secondary N) is 1. The number of carbonyl (C=O) groups excluding carboxylic acids is 4. The van der Waals surface area contributed by atoms with Crippen LogP contribution in [0.2, 0.25) is 0 Å². The second kappa shape index (κ2) is 9.39. The fourth-order valence-corrected chi connectivity index (χ4v) is 2.42. The third kappa shape index (κ3) is 8.51. The summed E-state index contributed by atoms with van der Waals surface area (Å²) in [5, 5.41) is 2.75. The Labute approximate surface area is 148 Å². The summed E-state index contributed by atoms with van der Waals surface area (Å²) in [7, 11) is 1.47. The summed E-state index contributed by atoms with van der Waals surface area (Å²) in [5.74, 6) is -1.43. The number of amides is 3. The number of likely N-dealkylation sites (tertiary alicyclic amines) is 1. The van der Waals surface area contributed by atoms with Crippen molar-refractivity contribution in [3.63, 3.8) is 0 Å². The van der Waals surface area contributed by atoms with Gasteiger partial charge in [-0.15, -0.1) is 0 Å². The van der Waals surface area contributed by atoms with Gasteiger partial charge in [0.1, 0.15) is 6.54 Å². The van der Waals surface area contributed by atoms with Gasteiger partial charge < -0.3 is 19.9 Å². The minimum atomic E-state index is -0.615. The van der Waals surface area contributed by atoms with Gasteiger partial charge in [0, 0.05) is 25.6 Å². The molecular formula is C17H29N3O5. The number of esters is 1. The molecule has 1 N–H and O–H groups in total. The molecule has 0 aromatic heterocycles. The van der Waals surface area contributed by atoms with Gasteiger partial charge in [-0.3, -0.25) is 19.2 Å². The van der Waals surface area contributed by atoms with Crippen molar-refractivity contribution in [1.29, 1.82) is 0 Å². The standard InChI is InChI=1S/C17H29N3O5/c1-17(2,3)18-13(21)10-19(4)15(23)12-25-16(24)11-20-9-7-5-6-8-14(20)22/h5-12H2,1-4H3,(H,18,21). The first-order chi connectivity index (χ1) is 11.6. The molecule has 1 saturated heterocycles. The molecule has 0 aliphatic carbocycles. The van der Waals surface area contributed by atoms with Crippen LogP contribution in [0.3, 0.4) is 0 Å². The van der Waals surface area contributed by atoms with Gasteiger partial charge in [-0.2, -0.15) is 0 Å². The zero-order valence-corrected chi connectivity index (χ0v) is 15.6. The molecule has 8 nitrogen and oxygen atoms in total. The van der Waals surface area contributed by atoms with Crippen LogP contribution in [0.15, 0.2) is 0 Å². The molecule has 1 rings (SSSR count). The minimum absolute atomic E-state index is 0.0586. The SMILES string of the molecule is CN(CC(=O)NC(C)(C)C)C(=O)COC(=O)CN1CCCCCC1=O. The first-order valence-corrected chi connectivity index (χ1v) is 8.57. The zero-order valence-electron chi connectivity index (χ0n) is 15.6. The first-order valence-electron chi connectivity index (χ1n) is 8.57. The van der Waals surface area contributed by atoms with E-state index >= 15 is 0 Å². The quantitative estimate of drug-likeness (QED) is 0.692. The Balaban J connectivity index is 2.35. The summed E-state index contributed by atoms with van der Waals surface area (Å²) < 4.78 is 4.94. The molecule has 0 saturated carbocycles. The highest BCUT2D eigenvalue weighted by Crippen LogP contribution is 2.10. The van der Waals surface area contributed by atoms with Crippen molar-refractivity contribution < 1.29 is 23.9 Å². The van der Waals surface area contributed by atoms with E-state index in [1.807, 2.05) is 20.8 Å². The van der Waals surface area contributed by atoms with Crippen LogP contribution in [0, 0.1) is 0 Å². The summed E-state index contributed by atoms with van der Waals surface area (Å²) in [4.78, 5) is 50.1. The smallest absolute Gasteiger partial charge is 0.326 e. The first kappa shape index (κ1) is 20.9. The number of rotatable bonds is 6. The molecule has 8 heteroatoms. The largest absolute Gasteiger partial charge is 0.454 e. The van der Waals surface area contributed by atoms with E-state index in [-0.39, 0.29) is 30.4 Å². The summed E-state index contributed by atoms with van der Waals surface area (Å²) in [5.41, 5.74) is -0.382. The molecule has 0 spiro atoms. The highest BCUT2D eigenvalue weighted by Gasteiger charge is 2.22. The number of ether oxygens (including phenoxy) is 1. The van der Waals surface area contributed by atoms with Crippen molar-refractivity contribution in [2.24, 2.45) is 0 Å². The van der Waals surface area contributed by atoms with Gasteiger partial charge in [-0.05, 0) is 33.6 Å². The van der Waals surface area contributed by atoms with E-state index in [0.29, 0.717) is 13.0 Å². The molecule has 0 atom stereocenters. The normalized spacial score (nSPS) is 15.4. The highest BCUT2D eigenvalue weighted by molar-refractivity contribution is 5.87. The molecule has 1 aliphatic heterocycles. The van der Waals surface area contributed by atoms with Gasteiger partial charge in [0.05, 0.1) is 6.54 Å². The number of likely N-dealkylation sites (N-methyl/N-ethyl adjacent to an activating group) is 1. The van der Waals surface area contributed by atoms with Crippen LogP contribution in [-0.2, 0) is 23.9 Å². The van der Waals surface area contributed by atoms with E-state index in [9.17, 15) is 19.2 Å². The fourth-order valence-electron chi connectivity index (χ4n) is 2.42. The zero-order chi connectivity index (χ0) is 19.0. The average molecular weight is 355 g/mol. The van der Waals surface area contributed by atoms with E-state index in [1.165, 1.54) is 16.8 Å². The monoisotopic (exact) mass is 355 g/mol. The predicted octanol–water partition coefficient (Wildman–Crippen LogP) is 0.305. The number of carbonyl (C=O) groups is 4. The molecule has 0 bridgehead atoms. The van der Waals surface area contributed by atoms with Gasteiger partial charge in [0.15, 0.2) is 6.61 Å². The fraction of sp³-hybridized carbons (Fsp3) is 0.765. The Morgan fingerprint density at radius 3 is 2.52 bits per heavy atom. The minimum Gasteiger partial charge on any atom is -0.454 e. The van der Waals surface area contributed by atoms with Crippen molar-refractivity contribution >= 4 is 23.7 Å². The molecular weight excluding hydrogens is 326 g/mol.